The number of benzene rings is 2. The summed E-state index contributed by atoms with van der Waals surface area (Å²) in [6, 6.07) is 13.3. The van der Waals surface area contributed by atoms with Gasteiger partial charge in [0.25, 0.3) is 0 Å². The molecular weight excluding hydrogens is 335 g/mol. The standard InChI is InChI=1S/C20H25FN2OS/c1-24-19-14-16(4-9-20(19)25-2)15-22-10-3-11-23(13-12-22)18-7-5-17(21)6-8-18/h4-9,14H,3,10-13,15H2,1-2H3. The van der Waals surface area contributed by atoms with Crippen molar-refractivity contribution in [2.75, 3.05) is 44.4 Å². The highest BCUT2D eigenvalue weighted by atomic mass is 32.2. The van der Waals surface area contributed by atoms with Crippen molar-refractivity contribution in [2.45, 2.75) is 17.9 Å². The molecule has 1 heterocycles. The molecule has 1 aliphatic rings. The second-order valence-electron chi connectivity index (χ2n) is 6.28. The number of hydrogen-bond acceptors (Lipinski definition) is 4. The number of methoxy groups -OCH3 is 1. The predicted molar refractivity (Wildman–Crippen MR) is 103 cm³/mol. The Bertz CT molecular complexity index is 693. The van der Waals surface area contributed by atoms with Crippen LogP contribution in [-0.4, -0.2) is 44.4 Å². The van der Waals surface area contributed by atoms with E-state index < -0.39 is 0 Å². The van der Waals surface area contributed by atoms with Crippen LogP contribution in [-0.2, 0) is 6.54 Å². The van der Waals surface area contributed by atoms with Gasteiger partial charge in [-0.15, -0.1) is 11.8 Å². The lowest BCUT2D eigenvalue weighted by Gasteiger charge is -2.24. The minimum atomic E-state index is -0.178. The van der Waals surface area contributed by atoms with Gasteiger partial charge in [-0.2, -0.15) is 0 Å². The first-order valence-electron chi connectivity index (χ1n) is 8.63. The molecule has 2 aromatic carbocycles. The number of anilines is 1. The van der Waals surface area contributed by atoms with Crippen molar-refractivity contribution in [3.8, 4) is 5.75 Å². The van der Waals surface area contributed by atoms with Crippen molar-refractivity contribution in [2.24, 2.45) is 0 Å². The summed E-state index contributed by atoms with van der Waals surface area (Å²) in [5, 5.41) is 0. The molecule has 0 unspecified atom stereocenters. The first kappa shape index (κ1) is 18.1. The molecule has 1 fully saturated rings. The normalized spacial score (nSPS) is 15.9. The van der Waals surface area contributed by atoms with Gasteiger partial charge < -0.3 is 9.64 Å². The van der Waals surface area contributed by atoms with Crippen LogP contribution in [0.3, 0.4) is 0 Å². The van der Waals surface area contributed by atoms with Crippen molar-refractivity contribution in [1.29, 1.82) is 0 Å². The van der Waals surface area contributed by atoms with Gasteiger partial charge in [-0.05, 0) is 54.6 Å². The fourth-order valence-corrected chi connectivity index (χ4v) is 3.82. The van der Waals surface area contributed by atoms with Gasteiger partial charge in [-0.1, -0.05) is 6.07 Å². The number of thioether (sulfide) groups is 1. The van der Waals surface area contributed by atoms with Crippen LogP contribution in [0.1, 0.15) is 12.0 Å². The fourth-order valence-electron chi connectivity index (χ4n) is 3.28. The number of rotatable bonds is 5. The molecule has 0 radical (unpaired) electrons. The van der Waals surface area contributed by atoms with Crippen LogP contribution < -0.4 is 9.64 Å². The van der Waals surface area contributed by atoms with Gasteiger partial charge in [-0.25, -0.2) is 4.39 Å². The average Bonchev–Trinajstić information content (AvgIpc) is 2.88. The van der Waals surface area contributed by atoms with E-state index in [0.717, 1.165) is 50.6 Å². The largest absolute Gasteiger partial charge is 0.496 e. The fraction of sp³-hybridized carbons (Fsp3) is 0.400. The molecule has 0 bridgehead atoms. The third-order valence-corrected chi connectivity index (χ3v) is 5.41. The number of ether oxygens (including phenoxy) is 1. The molecule has 134 valence electrons. The molecule has 1 saturated heterocycles. The van der Waals surface area contributed by atoms with Gasteiger partial charge in [0.2, 0.25) is 0 Å². The van der Waals surface area contributed by atoms with Crippen LogP contribution >= 0.6 is 11.8 Å². The molecule has 5 heteroatoms. The Morgan fingerprint density at radius 1 is 1.04 bits per heavy atom. The molecule has 0 saturated carbocycles. The lowest BCUT2D eigenvalue weighted by molar-refractivity contribution is 0.284. The lowest BCUT2D eigenvalue weighted by Crippen LogP contribution is -2.30. The number of halogens is 1. The maximum atomic E-state index is 13.1. The van der Waals surface area contributed by atoms with E-state index in [2.05, 4.69) is 34.3 Å². The zero-order chi connectivity index (χ0) is 17.6. The van der Waals surface area contributed by atoms with Crippen molar-refractivity contribution in [3.63, 3.8) is 0 Å². The Labute approximate surface area is 153 Å². The quantitative estimate of drug-likeness (QED) is 0.740. The molecule has 0 atom stereocenters. The first-order chi connectivity index (χ1) is 12.2. The van der Waals surface area contributed by atoms with E-state index in [-0.39, 0.29) is 5.82 Å². The van der Waals surface area contributed by atoms with Crippen LogP contribution in [0.2, 0.25) is 0 Å². The summed E-state index contributed by atoms with van der Waals surface area (Å²) in [5.41, 5.74) is 2.39. The van der Waals surface area contributed by atoms with Gasteiger partial charge in [0.15, 0.2) is 0 Å². The van der Waals surface area contributed by atoms with Crippen molar-refractivity contribution in [3.05, 3.63) is 53.8 Å². The van der Waals surface area contributed by atoms with Gasteiger partial charge >= 0.3 is 0 Å². The third kappa shape index (κ3) is 4.67. The molecule has 0 amide bonds. The summed E-state index contributed by atoms with van der Waals surface area (Å²) in [6.07, 6.45) is 3.17. The summed E-state index contributed by atoms with van der Waals surface area (Å²) in [7, 11) is 1.73. The number of hydrogen-bond donors (Lipinski definition) is 0. The maximum absolute atomic E-state index is 13.1. The van der Waals surface area contributed by atoms with Crippen LogP contribution in [0.25, 0.3) is 0 Å². The van der Waals surface area contributed by atoms with Crippen LogP contribution in [0.5, 0.6) is 5.75 Å². The van der Waals surface area contributed by atoms with E-state index in [1.54, 1.807) is 18.9 Å². The molecule has 0 aliphatic carbocycles. The smallest absolute Gasteiger partial charge is 0.132 e. The van der Waals surface area contributed by atoms with Crippen molar-refractivity contribution < 1.29 is 9.13 Å². The lowest BCUT2D eigenvalue weighted by atomic mass is 10.2. The van der Waals surface area contributed by atoms with E-state index in [4.69, 9.17) is 4.74 Å². The summed E-state index contributed by atoms with van der Waals surface area (Å²) < 4.78 is 18.6. The summed E-state index contributed by atoms with van der Waals surface area (Å²) >= 11 is 1.71. The Morgan fingerprint density at radius 2 is 1.84 bits per heavy atom. The molecule has 0 N–H and O–H groups in total. The third-order valence-electron chi connectivity index (χ3n) is 4.63. The SMILES string of the molecule is COc1cc(CN2CCCN(c3ccc(F)cc3)CC2)ccc1SC. The van der Waals surface area contributed by atoms with E-state index in [1.807, 2.05) is 12.1 Å². The van der Waals surface area contributed by atoms with E-state index in [0.29, 0.717) is 0 Å². The van der Waals surface area contributed by atoms with E-state index >= 15 is 0 Å². The van der Waals surface area contributed by atoms with Gasteiger partial charge in [0, 0.05) is 43.3 Å². The van der Waals surface area contributed by atoms with Gasteiger partial charge in [0.05, 0.1) is 7.11 Å². The predicted octanol–water partition coefficient (Wildman–Crippen LogP) is 4.27. The Hall–Kier alpha value is -1.72. The summed E-state index contributed by atoms with van der Waals surface area (Å²) in [6.45, 7) is 4.99. The first-order valence-corrected chi connectivity index (χ1v) is 9.86. The molecule has 0 aromatic heterocycles. The van der Waals surface area contributed by atoms with E-state index in [1.165, 1.54) is 22.6 Å². The topological polar surface area (TPSA) is 15.7 Å². The van der Waals surface area contributed by atoms with Gasteiger partial charge in [0.1, 0.15) is 11.6 Å². The zero-order valence-electron chi connectivity index (χ0n) is 14.9. The number of nitrogens with zero attached hydrogens (tertiary/aromatic N) is 2. The molecule has 25 heavy (non-hydrogen) atoms. The highest BCUT2D eigenvalue weighted by molar-refractivity contribution is 7.98. The summed E-state index contributed by atoms with van der Waals surface area (Å²) in [4.78, 5) is 6.00. The molecule has 3 rings (SSSR count). The second kappa shape index (κ2) is 8.59. The van der Waals surface area contributed by atoms with Crippen LogP contribution in [0, 0.1) is 5.82 Å². The minimum Gasteiger partial charge on any atom is -0.496 e. The Kier molecular flexibility index (Phi) is 6.21. The van der Waals surface area contributed by atoms with Crippen molar-refractivity contribution >= 4 is 17.4 Å². The molecule has 2 aromatic rings. The molecule has 0 spiro atoms. The maximum Gasteiger partial charge on any atom is 0.132 e. The Balaban J connectivity index is 1.62. The monoisotopic (exact) mass is 360 g/mol. The van der Waals surface area contributed by atoms with Crippen LogP contribution in [0.4, 0.5) is 10.1 Å². The van der Waals surface area contributed by atoms with Gasteiger partial charge in [-0.3, -0.25) is 4.90 Å². The van der Waals surface area contributed by atoms with Crippen LogP contribution in [0.15, 0.2) is 47.4 Å². The van der Waals surface area contributed by atoms with E-state index in [9.17, 15) is 4.39 Å². The Morgan fingerprint density at radius 3 is 2.56 bits per heavy atom. The highest BCUT2D eigenvalue weighted by Gasteiger charge is 2.16. The highest BCUT2D eigenvalue weighted by Crippen LogP contribution is 2.29. The molecular formula is C20H25FN2OS. The minimum absolute atomic E-state index is 0.178. The molecule has 3 nitrogen and oxygen atoms in total. The second-order valence-corrected chi connectivity index (χ2v) is 7.13. The zero-order valence-corrected chi connectivity index (χ0v) is 15.7. The average molecular weight is 360 g/mol. The molecule has 1 aliphatic heterocycles. The summed E-state index contributed by atoms with van der Waals surface area (Å²) in [5.74, 6) is 0.774. The van der Waals surface area contributed by atoms with Crippen molar-refractivity contribution in [1.82, 2.24) is 4.90 Å².